The molecule has 2 heterocycles. The summed E-state index contributed by atoms with van der Waals surface area (Å²) in [5.41, 5.74) is 5.85. The van der Waals surface area contributed by atoms with Crippen LogP contribution in [0, 0.1) is 0 Å². The summed E-state index contributed by atoms with van der Waals surface area (Å²) in [5.74, 6) is 0. The lowest BCUT2D eigenvalue weighted by Gasteiger charge is -2.31. The first-order valence-corrected chi connectivity index (χ1v) is 8.55. The molecule has 1 fully saturated rings. The smallest absolute Gasteiger partial charge is 0.409 e. The standard InChI is InChI=1S/C13H20N4O4S/c1-2-21-13(18)17-5-3-11(4-6-17)16-22(19,20)12-7-10(14)8-15-9-12/h7-9,11,16H,2-6,14H2,1H3. The summed E-state index contributed by atoms with van der Waals surface area (Å²) < 4.78 is 32.1. The van der Waals surface area contributed by atoms with Crippen LogP contribution in [0.4, 0.5) is 10.5 Å². The number of rotatable bonds is 4. The van der Waals surface area contributed by atoms with Crippen LogP contribution >= 0.6 is 0 Å². The summed E-state index contributed by atoms with van der Waals surface area (Å²) in [5, 5.41) is 0. The second-order valence-corrected chi connectivity index (χ2v) is 6.75. The van der Waals surface area contributed by atoms with Crippen LogP contribution in [0.25, 0.3) is 0 Å². The number of nitrogens with one attached hydrogen (secondary N) is 1. The summed E-state index contributed by atoms with van der Waals surface area (Å²) in [7, 11) is -3.66. The zero-order valence-electron chi connectivity index (χ0n) is 12.4. The Morgan fingerprint density at radius 2 is 2.14 bits per heavy atom. The average Bonchev–Trinajstić information content (AvgIpc) is 2.48. The molecule has 0 aliphatic carbocycles. The van der Waals surface area contributed by atoms with Gasteiger partial charge >= 0.3 is 6.09 Å². The van der Waals surface area contributed by atoms with Crippen molar-refractivity contribution in [2.75, 3.05) is 25.4 Å². The van der Waals surface area contributed by atoms with Gasteiger partial charge in [0.1, 0.15) is 4.90 Å². The van der Waals surface area contributed by atoms with E-state index in [4.69, 9.17) is 10.5 Å². The Balaban J connectivity index is 1.94. The molecule has 1 aromatic rings. The first kappa shape index (κ1) is 16.5. The number of nitrogens with zero attached hydrogens (tertiary/aromatic N) is 2. The fourth-order valence-corrected chi connectivity index (χ4v) is 3.57. The van der Waals surface area contributed by atoms with E-state index in [1.54, 1.807) is 11.8 Å². The Labute approximate surface area is 129 Å². The molecule has 9 heteroatoms. The molecule has 1 aliphatic rings. The molecule has 0 spiro atoms. The summed E-state index contributed by atoms with van der Waals surface area (Å²) in [6.45, 7) is 2.99. The molecule has 22 heavy (non-hydrogen) atoms. The van der Waals surface area contributed by atoms with Crippen LogP contribution in [-0.2, 0) is 14.8 Å². The van der Waals surface area contributed by atoms with Gasteiger partial charge in [-0.25, -0.2) is 17.9 Å². The highest BCUT2D eigenvalue weighted by Crippen LogP contribution is 2.16. The van der Waals surface area contributed by atoms with Gasteiger partial charge in [0.05, 0.1) is 12.3 Å². The monoisotopic (exact) mass is 328 g/mol. The first-order valence-electron chi connectivity index (χ1n) is 7.07. The van der Waals surface area contributed by atoms with Crippen molar-refractivity contribution in [1.82, 2.24) is 14.6 Å². The summed E-state index contributed by atoms with van der Waals surface area (Å²) in [6, 6.07) is 1.14. The highest BCUT2D eigenvalue weighted by molar-refractivity contribution is 7.89. The molecule has 1 aliphatic heterocycles. The van der Waals surface area contributed by atoms with Gasteiger partial charge in [-0.05, 0) is 25.8 Å². The number of piperidine rings is 1. The molecule has 8 nitrogen and oxygen atoms in total. The van der Waals surface area contributed by atoms with Crippen molar-refractivity contribution >= 4 is 21.8 Å². The average molecular weight is 328 g/mol. The fraction of sp³-hybridized carbons (Fsp3) is 0.538. The molecule has 2 rings (SSSR count). The van der Waals surface area contributed by atoms with Gasteiger partial charge < -0.3 is 15.4 Å². The predicted octanol–water partition coefficient (Wildman–Crippen LogP) is 0.563. The number of carbonyl (C=O) groups excluding carboxylic acids is 1. The number of nitrogens with two attached hydrogens (primary N) is 1. The molecule has 0 aromatic carbocycles. The van der Waals surface area contributed by atoms with E-state index in [1.807, 2.05) is 0 Å². The topological polar surface area (TPSA) is 115 Å². The minimum Gasteiger partial charge on any atom is -0.450 e. The van der Waals surface area contributed by atoms with Gasteiger partial charge in [0.25, 0.3) is 0 Å². The maximum Gasteiger partial charge on any atom is 0.409 e. The van der Waals surface area contributed by atoms with Gasteiger partial charge in [0.2, 0.25) is 10.0 Å². The van der Waals surface area contributed by atoms with Crippen molar-refractivity contribution in [2.45, 2.75) is 30.7 Å². The van der Waals surface area contributed by atoms with Crippen LogP contribution in [0.5, 0.6) is 0 Å². The Hall–Kier alpha value is -1.87. The Kier molecular flexibility index (Phi) is 5.19. The second-order valence-electron chi connectivity index (χ2n) is 5.04. The van der Waals surface area contributed by atoms with Crippen LogP contribution < -0.4 is 10.5 Å². The molecular weight excluding hydrogens is 308 g/mol. The largest absolute Gasteiger partial charge is 0.450 e. The van der Waals surface area contributed by atoms with E-state index < -0.39 is 10.0 Å². The van der Waals surface area contributed by atoms with Crippen molar-refractivity contribution in [3.63, 3.8) is 0 Å². The maximum atomic E-state index is 12.3. The molecule has 0 unspecified atom stereocenters. The third-order valence-corrected chi connectivity index (χ3v) is 4.87. The molecular formula is C13H20N4O4S. The predicted molar refractivity (Wildman–Crippen MR) is 80.6 cm³/mol. The van der Waals surface area contributed by atoms with Crippen LogP contribution in [0.3, 0.4) is 0 Å². The van der Waals surface area contributed by atoms with Gasteiger partial charge in [-0.2, -0.15) is 0 Å². The van der Waals surface area contributed by atoms with Crippen LogP contribution in [-0.4, -0.2) is 50.1 Å². The number of likely N-dealkylation sites (tertiary alicyclic amines) is 1. The minimum atomic E-state index is -3.66. The highest BCUT2D eigenvalue weighted by atomic mass is 32.2. The Morgan fingerprint density at radius 3 is 2.73 bits per heavy atom. The number of hydrogen-bond acceptors (Lipinski definition) is 6. The number of sulfonamides is 1. The SMILES string of the molecule is CCOC(=O)N1CCC(NS(=O)(=O)c2cncc(N)c2)CC1. The summed E-state index contributed by atoms with van der Waals surface area (Å²) in [6.07, 6.45) is 3.36. The quantitative estimate of drug-likeness (QED) is 0.835. The number of carbonyl (C=O) groups is 1. The van der Waals surface area contributed by atoms with Crippen molar-refractivity contribution in [3.05, 3.63) is 18.5 Å². The number of nitrogen functional groups attached to an aromatic ring is 1. The number of ether oxygens (including phenoxy) is 1. The van der Waals surface area contributed by atoms with Gasteiger partial charge in [-0.1, -0.05) is 0 Å². The molecule has 0 saturated carbocycles. The Morgan fingerprint density at radius 1 is 1.45 bits per heavy atom. The zero-order chi connectivity index (χ0) is 16.2. The van der Waals surface area contributed by atoms with E-state index in [0.717, 1.165) is 0 Å². The minimum absolute atomic E-state index is 0.0420. The highest BCUT2D eigenvalue weighted by Gasteiger charge is 2.27. The van der Waals surface area contributed by atoms with E-state index in [-0.39, 0.29) is 17.0 Å². The van der Waals surface area contributed by atoms with Gasteiger partial charge in [-0.3, -0.25) is 4.98 Å². The molecule has 1 amide bonds. The van der Waals surface area contributed by atoms with Crippen LogP contribution in [0.15, 0.2) is 23.4 Å². The molecule has 0 bridgehead atoms. The van der Waals surface area contributed by atoms with Crippen molar-refractivity contribution in [2.24, 2.45) is 0 Å². The normalized spacial score (nSPS) is 16.5. The van der Waals surface area contributed by atoms with Gasteiger partial charge in [-0.15, -0.1) is 0 Å². The number of aromatic nitrogens is 1. The third-order valence-electron chi connectivity index (χ3n) is 3.39. The lowest BCUT2D eigenvalue weighted by atomic mass is 10.1. The number of pyridine rings is 1. The van der Waals surface area contributed by atoms with E-state index in [9.17, 15) is 13.2 Å². The number of amides is 1. The third kappa shape index (κ3) is 4.08. The molecule has 1 aromatic heterocycles. The molecule has 1 saturated heterocycles. The fourth-order valence-electron chi connectivity index (χ4n) is 2.26. The number of anilines is 1. The molecule has 0 atom stereocenters. The number of hydrogen-bond donors (Lipinski definition) is 2. The Bertz CT molecular complexity index is 627. The summed E-state index contributed by atoms with van der Waals surface area (Å²) >= 11 is 0. The van der Waals surface area contributed by atoms with Gasteiger partial charge in [0.15, 0.2) is 0 Å². The summed E-state index contributed by atoms with van der Waals surface area (Å²) in [4.78, 5) is 17.0. The first-order chi connectivity index (χ1) is 10.4. The maximum absolute atomic E-state index is 12.3. The van der Waals surface area contributed by atoms with E-state index >= 15 is 0 Å². The molecule has 122 valence electrons. The van der Waals surface area contributed by atoms with Crippen molar-refractivity contribution in [3.8, 4) is 0 Å². The van der Waals surface area contributed by atoms with Crippen molar-refractivity contribution < 1.29 is 17.9 Å². The molecule has 3 N–H and O–H groups in total. The van der Waals surface area contributed by atoms with E-state index in [0.29, 0.717) is 38.2 Å². The second kappa shape index (κ2) is 6.93. The van der Waals surface area contributed by atoms with Gasteiger partial charge in [0, 0.05) is 31.5 Å². The zero-order valence-corrected chi connectivity index (χ0v) is 13.2. The van der Waals surface area contributed by atoms with E-state index in [1.165, 1.54) is 18.5 Å². The lowest BCUT2D eigenvalue weighted by Crippen LogP contribution is -2.46. The van der Waals surface area contributed by atoms with Crippen molar-refractivity contribution in [1.29, 1.82) is 0 Å². The molecule has 0 radical (unpaired) electrons. The lowest BCUT2D eigenvalue weighted by molar-refractivity contribution is 0.0966. The van der Waals surface area contributed by atoms with Crippen LogP contribution in [0.2, 0.25) is 0 Å². The van der Waals surface area contributed by atoms with E-state index in [2.05, 4.69) is 9.71 Å². The van der Waals surface area contributed by atoms with Crippen LogP contribution in [0.1, 0.15) is 19.8 Å².